The van der Waals surface area contributed by atoms with Crippen LogP contribution in [-0.4, -0.2) is 7.28 Å². The number of allylic oxidation sites excluding steroid dienone is 1. The molecule has 0 aliphatic carbocycles. The highest BCUT2D eigenvalue weighted by atomic mass is 14.2. The summed E-state index contributed by atoms with van der Waals surface area (Å²) in [7, 11) is 2.38. The standard InChI is InChI=1S/C10H18B/c1-3-6-9(4-2)10-7-5-8-11-10/h5,8-10H,3-4,6-7H2,1-2H3. The van der Waals surface area contributed by atoms with Gasteiger partial charge in [0.25, 0.3) is 0 Å². The van der Waals surface area contributed by atoms with Crippen LogP contribution in [0.3, 0.4) is 0 Å². The van der Waals surface area contributed by atoms with Gasteiger partial charge in [0.15, 0.2) is 0 Å². The van der Waals surface area contributed by atoms with Crippen LogP contribution >= 0.6 is 0 Å². The third-order valence-electron chi connectivity index (χ3n) is 2.69. The molecule has 2 unspecified atom stereocenters. The molecule has 0 aromatic heterocycles. The molecule has 0 bridgehead atoms. The Kier molecular flexibility index (Phi) is 3.75. The first-order valence-electron chi connectivity index (χ1n) is 4.88. The van der Waals surface area contributed by atoms with Crippen LogP contribution in [0.4, 0.5) is 0 Å². The molecule has 0 N–H and O–H groups in total. The second-order valence-electron chi connectivity index (χ2n) is 3.48. The molecule has 0 nitrogen and oxygen atoms in total. The predicted octanol–water partition coefficient (Wildman–Crippen LogP) is 3.22. The highest BCUT2D eigenvalue weighted by molar-refractivity contribution is 6.45. The van der Waals surface area contributed by atoms with Crippen molar-refractivity contribution in [2.75, 3.05) is 0 Å². The first-order valence-corrected chi connectivity index (χ1v) is 4.88. The fourth-order valence-corrected chi connectivity index (χ4v) is 1.98. The normalized spacial score (nSPS) is 25.1. The van der Waals surface area contributed by atoms with E-state index in [1.165, 1.54) is 25.7 Å². The highest BCUT2D eigenvalue weighted by Gasteiger charge is 2.20. The van der Waals surface area contributed by atoms with E-state index in [9.17, 15) is 0 Å². The molecule has 11 heavy (non-hydrogen) atoms. The minimum atomic E-state index is 0.861. The Morgan fingerprint density at radius 3 is 2.82 bits per heavy atom. The molecule has 0 fully saturated rings. The Balaban J connectivity index is 2.29. The van der Waals surface area contributed by atoms with Gasteiger partial charge in [0.2, 0.25) is 0 Å². The van der Waals surface area contributed by atoms with E-state index in [4.69, 9.17) is 0 Å². The Bertz CT molecular complexity index is 121. The quantitative estimate of drug-likeness (QED) is 0.538. The largest absolute Gasteiger partial charge is 0.145 e. The summed E-state index contributed by atoms with van der Waals surface area (Å²) in [6.45, 7) is 4.59. The molecule has 1 aliphatic rings. The maximum atomic E-state index is 2.38. The zero-order chi connectivity index (χ0) is 8.10. The van der Waals surface area contributed by atoms with Gasteiger partial charge in [-0.15, -0.1) is 5.98 Å². The second-order valence-corrected chi connectivity index (χ2v) is 3.48. The van der Waals surface area contributed by atoms with E-state index >= 15 is 0 Å². The molecule has 61 valence electrons. The third kappa shape index (κ3) is 2.39. The minimum absolute atomic E-state index is 0.861. The maximum Gasteiger partial charge on any atom is 0.145 e. The Morgan fingerprint density at radius 2 is 2.36 bits per heavy atom. The van der Waals surface area contributed by atoms with Crippen molar-refractivity contribution < 1.29 is 0 Å². The van der Waals surface area contributed by atoms with Crippen molar-refractivity contribution in [1.29, 1.82) is 0 Å². The van der Waals surface area contributed by atoms with Crippen LogP contribution in [0.5, 0.6) is 0 Å². The molecule has 1 rings (SSSR count). The van der Waals surface area contributed by atoms with Crippen LogP contribution in [0, 0.1) is 5.92 Å². The minimum Gasteiger partial charge on any atom is -0.126 e. The van der Waals surface area contributed by atoms with Crippen molar-refractivity contribution in [3.8, 4) is 0 Å². The molecule has 1 heterocycles. The van der Waals surface area contributed by atoms with Crippen molar-refractivity contribution in [3.63, 3.8) is 0 Å². The van der Waals surface area contributed by atoms with E-state index < -0.39 is 0 Å². The fourth-order valence-electron chi connectivity index (χ4n) is 1.98. The molecule has 1 aliphatic heterocycles. The monoisotopic (exact) mass is 149 g/mol. The van der Waals surface area contributed by atoms with Gasteiger partial charge < -0.3 is 0 Å². The summed E-state index contributed by atoms with van der Waals surface area (Å²) in [5.74, 6) is 4.03. The Hall–Kier alpha value is -0.195. The fraction of sp³-hybridized carbons (Fsp3) is 0.800. The van der Waals surface area contributed by atoms with E-state index in [0.29, 0.717) is 0 Å². The summed E-state index contributed by atoms with van der Waals surface area (Å²) >= 11 is 0. The first kappa shape index (κ1) is 8.90. The number of hydrogen-bond donors (Lipinski definition) is 0. The molecule has 0 aromatic rings. The van der Waals surface area contributed by atoms with Crippen LogP contribution in [0.1, 0.15) is 39.5 Å². The summed E-state index contributed by atoms with van der Waals surface area (Å²) in [4.78, 5) is 0. The van der Waals surface area contributed by atoms with Crippen molar-refractivity contribution in [2.45, 2.75) is 45.3 Å². The Labute approximate surface area is 71.3 Å². The SMILES string of the molecule is CCCC(CC)C1[B]C=CC1. The average molecular weight is 149 g/mol. The van der Waals surface area contributed by atoms with Gasteiger partial charge in [-0.1, -0.05) is 45.0 Å². The number of hydrogen-bond acceptors (Lipinski definition) is 0. The van der Waals surface area contributed by atoms with Gasteiger partial charge in [-0.3, -0.25) is 0 Å². The van der Waals surface area contributed by atoms with Crippen molar-refractivity contribution in [2.24, 2.45) is 5.92 Å². The van der Waals surface area contributed by atoms with E-state index in [2.05, 4.69) is 33.2 Å². The van der Waals surface area contributed by atoms with Gasteiger partial charge >= 0.3 is 0 Å². The van der Waals surface area contributed by atoms with Crippen molar-refractivity contribution >= 4 is 7.28 Å². The molecule has 0 saturated heterocycles. The summed E-state index contributed by atoms with van der Waals surface area (Å²) in [6.07, 6.45) is 7.67. The lowest BCUT2D eigenvalue weighted by atomic mass is 9.61. The molecule has 0 saturated carbocycles. The van der Waals surface area contributed by atoms with Crippen LogP contribution < -0.4 is 0 Å². The zero-order valence-corrected chi connectivity index (χ0v) is 7.72. The summed E-state index contributed by atoms with van der Waals surface area (Å²) in [5, 5.41) is 0. The summed E-state index contributed by atoms with van der Waals surface area (Å²) in [5.41, 5.74) is 0. The number of rotatable bonds is 4. The molecule has 0 aromatic carbocycles. The van der Waals surface area contributed by atoms with E-state index in [1.54, 1.807) is 0 Å². The van der Waals surface area contributed by atoms with Crippen LogP contribution in [0.15, 0.2) is 12.1 Å². The third-order valence-corrected chi connectivity index (χ3v) is 2.69. The van der Waals surface area contributed by atoms with Crippen molar-refractivity contribution in [3.05, 3.63) is 12.1 Å². The summed E-state index contributed by atoms with van der Waals surface area (Å²) < 4.78 is 0. The predicted molar refractivity (Wildman–Crippen MR) is 52.0 cm³/mol. The molecule has 2 atom stereocenters. The van der Waals surface area contributed by atoms with Gasteiger partial charge in [-0.2, -0.15) is 0 Å². The molecular weight excluding hydrogens is 131 g/mol. The lowest BCUT2D eigenvalue weighted by Crippen LogP contribution is -2.10. The average Bonchev–Trinajstić information content (AvgIpc) is 2.52. The summed E-state index contributed by atoms with van der Waals surface area (Å²) in [6, 6.07) is 0. The van der Waals surface area contributed by atoms with Crippen LogP contribution in [-0.2, 0) is 0 Å². The van der Waals surface area contributed by atoms with Gasteiger partial charge in [0.1, 0.15) is 7.28 Å². The Morgan fingerprint density at radius 1 is 1.55 bits per heavy atom. The van der Waals surface area contributed by atoms with E-state index in [1.807, 2.05) is 0 Å². The van der Waals surface area contributed by atoms with Crippen LogP contribution in [0.2, 0.25) is 5.82 Å². The van der Waals surface area contributed by atoms with Crippen LogP contribution in [0.25, 0.3) is 0 Å². The van der Waals surface area contributed by atoms with Gasteiger partial charge in [0.05, 0.1) is 0 Å². The smallest absolute Gasteiger partial charge is 0.126 e. The van der Waals surface area contributed by atoms with Gasteiger partial charge in [0, 0.05) is 0 Å². The van der Waals surface area contributed by atoms with E-state index in [0.717, 1.165) is 11.7 Å². The second kappa shape index (κ2) is 4.64. The van der Waals surface area contributed by atoms with Gasteiger partial charge in [-0.25, -0.2) is 0 Å². The lowest BCUT2D eigenvalue weighted by Gasteiger charge is -2.20. The molecule has 0 amide bonds. The molecule has 1 heteroatoms. The first-order chi connectivity index (χ1) is 5.38. The van der Waals surface area contributed by atoms with Crippen molar-refractivity contribution in [1.82, 2.24) is 0 Å². The zero-order valence-electron chi connectivity index (χ0n) is 7.72. The topological polar surface area (TPSA) is 0 Å². The lowest BCUT2D eigenvalue weighted by molar-refractivity contribution is 0.437. The van der Waals surface area contributed by atoms with Gasteiger partial charge in [-0.05, 0) is 12.3 Å². The van der Waals surface area contributed by atoms with E-state index in [-0.39, 0.29) is 0 Å². The molecular formula is C10H18B. The highest BCUT2D eigenvalue weighted by Crippen LogP contribution is 2.31. The molecule has 0 spiro atoms. The maximum absolute atomic E-state index is 2.38. The molecule has 1 radical (unpaired) electrons.